The van der Waals surface area contributed by atoms with Crippen molar-refractivity contribution < 1.29 is 14.1 Å². The second-order valence-corrected chi connectivity index (χ2v) is 4.41. The van der Waals surface area contributed by atoms with Gasteiger partial charge in [0.15, 0.2) is 0 Å². The molecule has 2 rings (SSSR count). The van der Waals surface area contributed by atoms with Gasteiger partial charge >= 0.3 is 5.88 Å². The molecular formula is C13H14N4O4. The molecule has 2 heterocycles. The Labute approximate surface area is 120 Å². The minimum atomic E-state index is -0.631. The van der Waals surface area contributed by atoms with Crippen LogP contribution in [0.15, 0.2) is 34.9 Å². The summed E-state index contributed by atoms with van der Waals surface area (Å²) in [5.41, 5.74) is 0.896. The largest absolute Gasteiger partial charge is 0.433 e. The van der Waals surface area contributed by atoms with E-state index in [9.17, 15) is 14.9 Å². The van der Waals surface area contributed by atoms with Gasteiger partial charge in [-0.3, -0.25) is 19.6 Å². The number of likely N-dealkylation sites (N-methyl/N-ethyl adjacent to an activating group) is 1. The van der Waals surface area contributed by atoms with E-state index in [4.69, 9.17) is 4.42 Å². The number of furan rings is 1. The topological polar surface area (TPSA) is 94.4 Å². The SMILES string of the molecule is CN(Cc1ccnn1C)C(=O)/C=C/c1ccc([N+](=O)[O-])o1. The highest BCUT2D eigenvalue weighted by molar-refractivity contribution is 5.91. The summed E-state index contributed by atoms with van der Waals surface area (Å²) in [4.78, 5) is 23.3. The van der Waals surface area contributed by atoms with Crippen LogP contribution < -0.4 is 0 Å². The summed E-state index contributed by atoms with van der Waals surface area (Å²) in [6.07, 6.45) is 4.36. The summed E-state index contributed by atoms with van der Waals surface area (Å²) in [7, 11) is 3.45. The maximum absolute atomic E-state index is 11.9. The molecule has 0 aliphatic heterocycles. The van der Waals surface area contributed by atoms with Gasteiger partial charge in [0.1, 0.15) is 10.7 Å². The van der Waals surface area contributed by atoms with Crippen LogP contribution in [0.3, 0.4) is 0 Å². The monoisotopic (exact) mass is 290 g/mol. The van der Waals surface area contributed by atoms with Crippen molar-refractivity contribution in [2.75, 3.05) is 7.05 Å². The number of carbonyl (C=O) groups is 1. The molecule has 0 saturated heterocycles. The van der Waals surface area contributed by atoms with E-state index < -0.39 is 4.92 Å². The van der Waals surface area contributed by atoms with E-state index >= 15 is 0 Å². The first-order valence-electron chi connectivity index (χ1n) is 6.11. The molecule has 8 nitrogen and oxygen atoms in total. The molecule has 0 fully saturated rings. The van der Waals surface area contributed by atoms with Crippen LogP contribution in [0.5, 0.6) is 0 Å². The van der Waals surface area contributed by atoms with Crippen LogP contribution in [-0.2, 0) is 18.4 Å². The Bertz CT molecular complexity index is 686. The summed E-state index contributed by atoms with van der Waals surface area (Å²) >= 11 is 0. The smallest absolute Gasteiger partial charge is 0.401 e. The number of carbonyl (C=O) groups excluding carboxylic acids is 1. The molecule has 0 aliphatic carbocycles. The number of hydrogen-bond acceptors (Lipinski definition) is 5. The molecule has 0 radical (unpaired) electrons. The Kier molecular flexibility index (Phi) is 4.17. The molecule has 21 heavy (non-hydrogen) atoms. The number of aryl methyl sites for hydroxylation is 1. The van der Waals surface area contributed by atoms with Gasteiger partial charge < -0.3 is 9.32 Å². The van der Waals surface area contributed by atoms with Crippen molar-refractivity contribution in [3.8, 4) is 0 Å². The number of rotatable bonds is 5. The Balaban J connectivity index is 1.98. The van der Waals surface area contributed by atoms with Gasteiger partial charge in [0, 0.05) is 26.4 Å². The first-order valence-corrected chi connectivity index (χ1v) is 6.11. The molecule has 110 valence electrons. The first kappa shape index (κ1) is 14.5. The third kappa shape index (κ3) is 3.56. The highest BCUT2D eigenvalue weighted by Gasteiger charge is 2.11. The van der Waals surface area contributed by atoms with Crippen molar-refractivity contribution in [2.24, 2.45) is 7.05 Å². The minimum absolute atomic E-state index is 0.241. The normalized spacial score (nSPS) is 11.0. The van der Waals surface area contributed by atoms with Gasteiger partial charge in [-0.15, -0.1) is 0 Å². The molecule has 2 aromatic heterocycles. The summed E-state index contributed by atoms with van der Waals surface area (Å²) in [6.45, 7) is 0.415. The fraction of sp³-hybridized carbons (Fsp3) is 0.231. The highest BCUT2D eigenvalue weighted by atomic mass is 16.6. The van der Waals surface area contributed by atoms with Gasteiger partial charge in [0.05, 0.1) is 18.3 Å². The van der Waals surface area contributed by atoms with Gasteiger partial charge in [-0.05, 0) is 18.2 Å². The van der Waals surface area contributed by atoms with E-state index in [-0.39, 0.29) is 17.6 Å². The van der Waals surface area contributed by atoms with Crippen LogP contribution in [-0.4, -0.2) is 32.6 Å². The third-order valence-electron chi connectivity index (χ3n) is 2.88. The maximum Gasteiger partial charge on any atom is 0.433 e. The predicted octanol–water partition coefficient (Wildman–Crippen LogP) is 1.59. The van der Waals surface area contributed by atoms with Crippen LogP contribution in [0.25, 0.3) is 6.08 Å². The molecule has 2 aromatic rings. The quantitative estimate of drug-likeness (QED) is 0.473. The van der Waals surface area contributed by atoms with Crippen molar-refractivity contribution in [2.45, 2.75) is 6.54 Å². The molecule has 8 heteroatoms. The predicted molar refractivity (Wildman–Crippen MR) is 74.1 cm³/mol. The molecule has 0 bridgehead atoms. The lowest BCUT2D eigenvalue weighted by molar-refractivity contribution is -0.402. The molecule has 0 N–H and O–H groups in total. The van der Waals surface area contributed by atoms with Gasteiger partial charge in [-0.2, -0.15) is 5.10 Å². The van der Waals surface area contributed by atoms with Crippen molar-refractivity contribution in [1.82, 2.24) is 14.7 Å². The second kappa shape index (κ2) is 6.04. The van der Waals surface area contributed by atoms with Crippen molar-refractivity contribution >= 4 is 17.9 Å². The fourth-order valence-corrected chi connectivity index (χ4v) is 1.69. The van der Waals surface area contributed by atoms with Crippen LogP contribution in [0.4, 0.5) is 5.88 Å². The fourth-order valence-electron chi connectivity index (χ4n) is 1.69. The summed E-state index contributed by atoms with van der Waals surface area (Å²) < 4.78 is 6.61. The number of nitrogens with zero attached hydrogens (tertiary/aromatic N) is 4. The molecule has 0 spiro atoms. The number of aromatic nitrogens is 2. The van der Waals surface area contributed by atoms with Crippen LogP contribution >= 0.6 is 0 Å². The second-order valence-electron chi connectivity index (χ2n) is 4.41. The third-order valence-corrected chi connectivity index (χ3v) is 2.88. The summed E-state index contributed by atoms with van der Waals surface area (Å²) in [5, 5.41) is 14.5. The Morgan fingerprint density at radius 3 is 2.86 bits per heavy atom. The molecule has 0 aromatic carbocycles. The molecule has 1 amide bonds. The molecule has 0 atom stereocenters. The lowest BCUT2D eigenvalue weighted by Gasteiger charge is -2.14. The number of hydrogen-bond donors (Lipinski definition) is 0. The van der Waals surface area contributed by atoms with Gasteiger partial charge in [-0.25, -0.2) is 0 Å². The van der Waals surface area contributed by atoms with E-state index in [2.05, 4.69) is 5.10 Å². The molecule has 0 aliphatic rings. The van der Waals surface area contributed by atoms with E-state index in [0.717, 1.165) is 5.69 Å². The Morgan fingerprint density at radius 2 is 2.29 bits per heavy atom. The van der Waals surface area contributed by atoms with E-state index in [0.29, 0.717) is 6.54 Å². The van der Waals surface area contributed by atoms with Gasteiger partial charge in [-0.1, -0.05) is 0 Å². The summed E-state index contributed by atoms with van der Waals surface area (Å²) in [6, 6.07) is 4.50. The lowest BCUT2D eigenvalue weighted by Crippen LogP contribution is -2.25. The zero-order chi connectivity index (χ0) is 15.4. The van der Waals surface area contributed by atoms with Crippen LogP contribution in [0.2, 0.25) is 0 Å². The van der Waals surface area contributed by atoms with E-state index in [1.807, 2.05) is 6.07 Å². The van der Waals surface area contributed by atoms with E-state index in [1.165, 1.54) is 29.2 Å². The van der Waals surface area contributed by atoms with Gasteiger partial charge in [0.25, 0.3) is 0 Å². The zero-order valence-electron chi connectivity index (χ0n) is 11.6. The number of amides is 1. The summed E-state index contributed by atoms with van der Waals surface area (Å²) in [5.74, 6) is -0.343. The average molecular weight is 290 g/mol. The standard InChI is InChI=1S/C13H14N4O4/c1-15(9-10-7-8-14-16(10)2)12(18)5-3-11-4-6-13(21-11)17(19)20/h3-8H,9H2,1-2H3/b5-3+. The zero-order valence-corrected chi connectivity index (χ0v) is 11.6. The van der Waals surface area contributed by atoms with E-state index in [1.54, 1.807) is 25.0 Å². The Hall–Kier alpha value is -2.90. The molecule has 0 unspecified atom stereocenters. The lowest BCUT2D eigenvalue weighted by atomic mass is 10.3. The number of nitro groups is 1. The van der Waals surface area contributed by atoms with Crippen molar-refractivity contribution in [3.63, 3.8) is 0 Å². The molecular weight excluding hydrogens is 276 g/mol. The van der Waals surface area contributed by atoms with Crippen LogP contribution in [0.1, 0.15) is 11.5 Å². The average Bonchev–Trinajstić information content (AvgIpc) is 3.06. The Morgan fingerprint density at radius 1 is 1.52 bits per heavy atom. The van der Waals surface area contributed by atoms with Crippen molar-refractivity contribution in [1.29, 1.82) is 0 Å². The van der Waals surface area contributed by atoms with Crippen molar-refractivity contribution in [3.05, 3.63) is 52.0 Å². The first-order chi connectivity index (χ1) is 9.97. The maximum atomic E-state index is 11.9. The van der Waals surface area contributed by atoms with Crippen LogP contribution in [0, 0.1) is 10.1 Å². The van der Waals surface area contributed by atoms with Gasteiger partial charge in [0.2, 0.25) is 5.91 Å². The minimum Gasteiger partial charge on any atom is -0.401 e. The highest BCUT2D eigenvalue weighted by Crippen LogP contribution is 2.16. The molecule has 0 saturated carbocycles.